The fourth-order valence-corrected chi connectivity index (χ4v) is 0.796. The molecule has 1 rings (SSSR count). The van der Waals surface area contributed by atoms with Crippen LogP contribution in [0.2, 0.25) is 0 Å². The van der Waals surface area contributed by atoms with Gasteiger partial charge in [0.1, 0.15) is 5.75 Å². The van der Waals surface area contributed by atoms with Gasteiger partial charge in [0.15, 0.2) is 5.34 Å². The molecule has 0 amide bonds. The summed E-state index contributed by atoms with van der Waals surface area (Å²) in [5, 5.41) is 25.2. The highest BCUT2D eigenvalue weighted by molar-refractivity contribution is 5.85. The first-order valence-electron chi connectivity index (χ1n) is 3.77. The summed E-state index contributed by atoms with van der Waals surface area (Å²) in [6, 6.07) is 6.37. The Labute approximate surface area is 85.0 Å². The zero-order chi connectivity index (χ0) is 11.7. The minimum Gasteiger partial charge on any atom is -0.508 e. The van der Waals surface area contributed by atoms with Crippen molar-refractivity contribution < 1.29 is 20.2 Å². The highest BCUT2D eigenvalue weighted by Crippen LogP contribution is 2.11. The molecule has 0 saturated heterocycles. The van der Waals surface area contributed by atoms with E-state index in [9.17, 15) is 4.79 Å². The standard InChI is InChI=1S/C9H8O3.HNO2/c10-8-3-1-2-7(6-8)4-5-9(11)12;2-1-3/h1-6,10H,(H,11,12);(H,2,3). The monoisotopic (exact) mass is 211 g/mol. The number of hydrogen-bond acceptors (Lipinski definition) is 4. The van der Waals surface area contributed by atoms with Gasteiger partial charge in [-0.1, -0.05) is 12.1 Å². The summed E-state index contributed by atoms with van der Waals surface area (Å²) in [4.78, 5) is 18.2. The van der Waals surface area contributed by atoms with Gasteiger partial charge in [-0.25, -0.2) is 4.79 Å². The summed E-state index contributed by atoms with van der Waals surface area (Å²) >= 11 is 0. The van der Waals surface area contributed by atoms with Crippen LogP contribution in [0.4, 0.5) is 0 Å². The Morgan fingerprint density at radius 3 is 2.47 bits per heavy atom. The third kappa shape index (κ3) is 6.76. The molecule has 1 aromatic rings. The van der Waals surface area contributed by atoms with Crippen LogP contribution in [0, 0.1) is 4.91 Å². The van der Waals surface area contributed by atoms with Crippen LogP contribution >= 0.6 is 0 Å². The van der Waals surface area contributed by atoms with Crippen molar-refractivity contribution in [1.29, 1.82) is 0 Å². The molecular weight excluding hydrogens is 202 g/mol. The lowest BCUT2D eigenvalue weighted by molar-refractivity contribution is -0.131. The molecule has 0 spiro atoms. The number of benzene rings is 1. The van der Waals surface area contributed by atoms with E-state index in [-0.39, 0.29) is 5.75 Å². The van der Waals surface area contributed by atoms with Gasteiger partial charge in [0.05, 0.1) is 0 Å². The number of aromatic hydroxyl groups is 1. The molecule has 0 aliphatic rings. The zero-order valence-corrected chi connectivity index (χ0v) is 7.57. The summed E-state index contributed by atoms with van der Waals surface area (Å²) < 4.78 is 0. The Morgan fingerprint density at radius 1 is 1.40 bits per heavy atom. The van der Waals surface area contributed by atoms with Gasteiger partial charge in [-0.15, -0.1) is 4.91 Å². The molecule has 0 aliphatic heterocycles. The third-order valence-corrected chi connectivity index (χ3v) is 1.29. The van der Waals surface area contributed by atoms with E-state index in [1.54, 1.807) is 12.1 Å². The van der Waals surface area contributed by atoms with Crippen LogP contribution in [-0.4, -0.2) is 21.4 Å². The Morgan fingerprint density at radius 2 is 2.00 bits per heavy atom. The van der Waals surface area contributed by atoms with E-state index in [2.05, 4.69) is 0 Å². The van der Waals surface area contributed by atoms with Crippen LogP contribution in [0.15, 0.2) is 35.7 Å². The Kier molecular flexibility index (Phi) is 5.96. The van der Waals surface area contributed by atoms with Crippen molar-refractivity contribution in [2.45, 2.75) is 0 Å². The second kappa shape index (κ2) is 7.07. The first-order valence-corrected chi connectivity index (χ1v) is 3.77. The summed E-state index contributed by atoms with van der Waals surface area (Å²) in [7, 11) is 0. The number of nitrogens with zero attached hydrogens (tertiary/aromatic N) is 1. The normalized spacial score (nSPS) is 9.07. The van der Waals surface area contributed by atoms with Gasteiger partial charge in [0.25, 0.3) is 0 Å². The molecule has 6 heteroatoms. The molecule has 0 bridgehead atoms. The molecule has 0 saturated carbocycles. The zero-order valence-electron chi connectivity index (χ0n) is 7.57. The van der Waals surface area contributed by atoms with Crippen molar-refractivity contribution >= 4 is 12.0 Å². The fraction of sp³-hybridized carbons (Fsp3) is 0. The molecule has 0 heterocycles. The summed E-state index contributed by atoms with van der Waals surface area (Å²) in [5.41, 5.74) is 0.664. The summed E-state index contributed by atoms with van der Waals surface area (Å²) in [6.45, 7) is 0. The van der Waals surface area contributed by atoms with Crippen LogP contribution in [0.25, 0.3) is 6.08 Å². The average molecular weight is 211 g/mol. The molecule has 3 N–H and O–H groups in total. The van der Waals surface area contributed by atoms with E-state index in [0.29, 0.717) is 5.56 Å². The molecule has 0 fully saturated rings. The lowest BCUT2D eigenvalue weighted by Gasteiger charge is -1.92. The fourth-order valence-electron chi connectivity index (χ4n) is 0.796. The summed E-state index contributed by atoms with van der Waals surface area (Å²) in [6.07, 6.45) is 2.44. The lowest BCUT2D eigenvalue weighted by Crippen LogP contribution is -1.85. The minimum atomic E-state index is -1.00. The van der Waals surface area contributed by atoms with Crippen LogP contribution < -0.4 is 0 Å². The quantitative estimate of drug-likeness (QED) is 0.391. The van der Waals surface area contributed by atoms with E-state index in [1.165, 1.54) is 23.5 Å². The van der Waals surface area contributed by atoms with Gasteiger partial charge < -0.3 is 15.4 Å². The predicted molar refractivity (Wildman–Crippen MR) is 52.4 cm³/mol. The Hall–Kier alpha value is -2.37. The van der Waals surface area contributed by atoms with Gasteiger partial charge in [0.2, 0.25) is 0 Å². The van der Waals surface area contributed by atoms with Crippen molar-refractivity contribution in [3.63, 3.8) is 0 Å². The van der Waals surface area contributed by atoms with Crippen LogP contribution in [0.3, 0.4) is 0 Å². The topological polar surface area (TPSA) is 107 Å². The van der Waals surface area contributed by atoms with E-state index in [0.717, 1.165) is 6.08 Å². The van der Waals surface area contributed by atoms with Crippen molar-refractivity contribution in [3.05, 3.63) is 40.8 Å². The van der Waals surface area contributed by atoms with Gasteiger partial charge in [-0.2, -0.15) is 0 Å². The smallest absolute Gasteiger partial charge is 0.328 e. The maximum Gasteiger partial charge on any atom is 0.328 e. The number of hydrogen-bond donors (Lipinski definition) is 3. The van der Waals surface area contributed by atoms with Gasteiger partial charge in [0, 0.05) is 6.08 Å². The molecule has 0 radical (unpaired) electrons. The number of carboxylic acid groups (broad SMARTS) is 1. The molecule has 15 heavy (non-hydrogen) atoms. The van der Waals surface area contributed by atoms with Crippen molar-refractivity contribution in [2.75, 3.05) is 0 Å². The van der Waals surface area contributed by atoms with E-state index in [4.69, 9.17) is 20.3 Å². The first-order chi connectivity index (χ1) is 7.10. The van der Waals surface area contributed by atoms with Crippen molar-refractivity contribution in [3.8, 4) is 5.75 Å². The Balaban J connectivity index is 0.000000583. The maximum atomic E-state index is 10.1. The van der Waals surface area contributed by atoms with Gasteiger partial charge in [-0.05, 0) is 23.8 Å². The van der Waals surface area contributed by atoms with E-state index >= 15 is 0 Å². The van der Waals surface area contributed by atoms with E-state index < -0.39 is 5.97 Å². The molecule has 0 aliphatic carbocycles. The molecule has 0 aromatic heterocycles. The molecule has 0 atom stereocenters. The first kappa shape index (κ1) is 12.6. The molecule has 0 unspecified atom stereocenters. The highest BCUT2D eigenvalue weighted by Gasteiger charge is 1.90. The van der Waals surface area contributed by atoms with Crippen LogP contribution in [0.5, 0.6) is 5.75 Å². The number of phenols is 1. The second-order valence-electron chi connectivity index (χ2n) is 2.35. The number of rotatable bonds is 2. The number of phenolic OH excluding ortho intramolecular Hbond substituents is 1. The maximum absolute atomic E-state index is 10.1. The second-order valence-corrected chi connectivity index (χ2v) is 2.35. The number of carbonyl (C=O) groups is 1. The highest BCUT2D eigenvalue weighted by atomic mass is 16.6. The predicted octanol–water partition coefficient (Wildman–Crippen LogP) is 1.63. The van der Waals surface area contributed by atoms with E-state index in [1.807, 2.05) is 0 Å². The van der Waals surface area contributed by atoms with Crippen LogP contribution in [-0.2, 0) is 4.79 Å². The van der Waals surface area contributed by atoms with Gasteiger partial charge >= 0.3 is 5.97 Å². The van der Waals surface area contributed by atoms with Crippen molar-refractivity contribution in [1.82, 2.24) is 0 Å². The summed E-state index contributed by atoms with van der Waals surface area (Å²) in [5.74, 6) is -0.874. The molecular formula is C9H9NO5. The molecule has 1 aromatic carbocycles. The average Bonchev–Trinajstić information content (AvgIpc) is 2.16. The molecule has 80 valence electrons. The minimum absolute atomic E-state index is 0.127. The number of carboxylic acids is 1. The van der Waals surface area contributed by atoms with Crippen molar-refractivity contribution in [2.24, 2.45) is 5.34 Å². The Bertz CT molecular complexity index is 361. The third-order valence-electron chi connectivity index (χ3n) is 1.29. The molecule has 6 nitrogen and oxygen atoms in total. The lowest BCUT2D eigenvalue weighted by atomic mass is 10.2. The number of aliphatic carboxylic acids is 1. The van der Waals surface area contributed by atoms with Crippen LogP contribution in [0.1, 0.15) is 5.56 Å². The largest absolute Gasteiger partial charge is 0.508 e. The van der Waals surface area contributed by atoms with Gasteiger partial charge in [-0.3, -0.25) is 0 Å². The SMILES string of the molecule is O=C(O)C=Cc1cccc(O)c1.O=NO.